The quantitative estimate of drug-likeness (QED) is 0.685. The molecule has 0 radical (unpaired) electrons. The maximum atomic E-state index is 11.6. The second-order valence-electron chi connectivity index (χ2n) is 5.04. The van der Waals surface area contributed by atoms with E-state index in [0.29, 0.717) is 6.42 Å². The van der Waals surface area contributed by atoms with E-state index in [-0.39, 0.29) is 5.97 Å². The zero-order valence-electron chi connectivity index (χ0n) is 12.0. The van der Waals surface area contributed by atoms with E-state index >= 15 is 0 Å². The molecule has 0 aliphatic rings. The number of rotatable bonds is 4. The van der Waals surface area contributed by atoms with Gasteiger partial charge in [0.25, 0.3) is 0 Å². The summed E-state index contributed by atoms with van der Waals surface area (Å²) in [7, 11) is 1.42. The first kappa shape index (κ1) is 13.4. The number of hydrogen-bond acceptors (Lipinski definition) is 2. The van der Waals surface area contributed by atoms with Gasteiger partial charge in [-0.05, 0) is 17.2 Å². The van der Waals surface area contributed by atoms with Crippen LogP contribution in [0.25, 0.3) is 10.9 Å². The van der Waals surface area contributed by atoms with Crippen molar-refractivity contribution in [2.45, 2.75) is 13.0 Å². The number of nitrogens with zero attached hydrogens (tertiary/aromatic N) is 1. The number of hydrogen-bond donors (Lipinski definition) is 0. The minimum atomic E-state index is -0.211. The largest absolute Gasteiger partial charge is 0.469 e. The molecular weight excluding hydrogens is 262 g/mol. The fraction of sp³-hybridized carbons (Fsp3) is 0.167. The summed E-state index contributed by atoms with van der Waals surface area (Å²) in [5.41, 5.74) is 3.39. The SMILES string of the molecule is COC(=O)Cc1cn(Cc2ccccc2)c2ccccc12. The number of esters is 1. The molecule has 1 heterocycles. The van der Waals surface area contributed by atoms with Crippen LogP contribution in [0.5, 0.6) is 0 Å². The summed E-state index contributed by atoms with van der Waals surface area (Å²) in [6, 6.07) is 18.5. The number of ether oxygens (including phenoxy) is 1. The first-order valence-electron chi connectivity index (χ1n) is 6.95. The van der Waals surface area contributed by atoms with Gasteiger partial charge in [0.2, 0.25) is 0 Å². The fourth-order valence-corrected chi connectivity index (χ4v) is 2.60. The Hall–Kier alpha value is -2.55. The van der Waals surface area contributed by atoms with E-state index in [0.717, 1.165) is 23.0 Å². The van der Waals surface area contributed by atoms with Crippen molar-refractivity contribution < 1.29 is 9.53 Å². The highest BCUT2D eigenvalue weighted by molar-refractivity contribution is 5.88. The van der Waals surface area contributed by atoms with Crippen molar-refractivity contribution >= 4 is 16.9 Å². The molecule has 21 heavy (non-hydrogen) atoms. The molecule has 3 heteroatoms. The van der Waals surface area contributed by atoms with Gasteiger partial charge in [-0.2, -0.15) is 0 Å². The molecule has 0 aliphatic heterocycles. The van der Waals surface area contributed by atoms with Crippen molar-refractivity contribution in [3.63, 3.8) is 0 Å². The maximum absolute atomic E-state index is 11.6. The van der Waals surface area contributed by atoms with E-state index in [9.17, 15) is 4.79 Å². The van der Waals surface area contributed by atoms with E-state index in [1.807, 2.05) is 30.3 Å². The smallest absolute Gasteiger partial charge is 0.310 e. The highest BCUT2D eigenvalue weighted by atomic mass is 16.5. The van der Waals surface area contributed by atoms with Gasteiger partial charge >= 0.3 is 5.97 Å². The average molecular weight is 279 g/mol. The van der Waals surface area contributed by atoms with Crippen LogP contribution in [0.3, 0.4) is 0 Å². The number of methoxy groups -OCH3 is 1. The van der Waals surface area contributed by atoms with Crippen molar-refractivity contribution in [1.29, 1.82) is 0 Å². The second-order valence-corrected chi connectivity index (χ2v) is 5.04. The van der Waals surface area contributed by atoms with Gasteiger partial charge in [0.05, 0.1) is 13.5 Å². The molecule has 0 atom stereocenters. The van der Waals surface area contributed by atoms with E-state index in [1.54, 1.807) is 0 Å². The molecule has 1 aromatic heterocycles. The van der Waals surface area contributed by atoms with Crippen molar-refractivity contribution in [2.24, 2.45) is 0 Å². The Morgan fingerprint density at radius 3 is 2.52 bits per heavy atom. The predicted molar refractivity (Wildman–Crippen MR) is 83.2 cm³/mol. The molecule has 0 fully saturated rings. The predicted octanol–water partition coefficient (Wildman–Crippen LogP) is 3.41. The summed E-state index contributed by atoms with van der Waals surface area (Å²) >= 11 is 0. The van der Waals surface area contributed by atoms with Gasteiger partial charge in [-0.25, -0.2) is 0 Å². The number of aromatic nitrogens is 1. The van der Waals surface area contributed by atoms with Gasteiger partial charge in [-0.15, -0.1) is 0 Å². The van der Waals surface area contributed by atoms with Gasteiger partial charge < -0.3 is 9.30 Å². The third-order valence-corrected chi connectivity index (χ3v) is 3.63. The first-order chi connectivity index (χ1) is 10.3. The fourth-order valence-electron chi connectivity index (χ4n) is 2.60. The average Bonchev–Trinajstić information content (AvgIpc) is 2.86. The molecular formula is C18H17NO2. The van der Waals surface area contributed by atoms with Gasteiger partial charge in [0.15, 0.2) is 0 Å². The van der Waals surface area contributed by atoms with Crippen molar-refractivity contribution in [2.75, 3.05) is 7.11 Å². The van der Waals surface area contributed by atoms with Crippen molar-refractivity contribution in [3.05, 3.63) is 71.9 Å². The van der Waals surface area contributed by atoms with Crippen LogP contribution in [-0.4, -0.2) is 17.6 Å². The number of fused-ring (bicyclic) bond motifs is 1. The van der Waals surface area contributed by atoms with E-state index in [4.69, 9.17) is 4.74 Å². The molecule has 3 nitrogen and oxygen atoms in total. The Bertz CT molecular complexity index is 759. The van der Waals surface area contributed by atoms with Crippen LogP contribution < -0.4 is 0 Å². The molecule has 0 saturated heterocycles. The zero-order valence-corrected chi connectivity index (χ0v) is 12.0. The summed E-state index contributed by atoms with van der Waals surface area (Å²) in [6.07, 6.45) is 2.35. The zero-order chi connectivity index (χ0) is 14.7. The van der Waals surface area contributed by atoms with Gasteiger partial charge in [-0.1, -0.05) is 48.5 Å². The maximum Gasteiger partial charge on any atom is 0.310 e. The third-order valence-electron chi connectivity index (χ3n) is 3.63. The molecule has 0 saturated carbocycles. The Kier molecular flexibility index (Phi) is 3.73. The highest BCUT2D eigenvalue weighted by Gasteiger charge is 2.11. The summed E-state index contributed by atoms with van der Waals surface area (Å²) < 4.78 is 6.97. The van der Waals surface area contributed by atoms with Gasteiger partial charge in [0.1, 0.15) is 0 Å². The lowest BCUT2D eigenvalue weighted by molar-refractivity contribution is -0.139. The number of para-hydroxylation sites is 1. The van der Waals surface area contributed by atoms with Crippen LogP contribution in [0, 0.1) is 0 Å². The number of carbonyl (C=O) groups is 1. The van der Waals surface area contributed by atoms with E-state index in [1.165, 1.54) is 12.7 Å². The lowest BCUT2D eigenvalue weighted by Crippen LogP contribution is -2.04. The summed E-state index contributed by atoms with van der Waals surface area (Å²) in [5, 5.41) is 1.11. The second kappa shape index (κ2) is 5.83. The third kappa shape index (κ3) is 2.82. The molecule has 0 spiro atoms. The first-order valence-corrected chi connectivity index (χ1v) is 6.95. The molecule has 0 amide bonds. The van der Waals surface area contributed by atoms with E-state index < -0.39 is 0 Å². The van der Waals surface area contributed by atoms with Gasteiger partial charge in [-0.3, -0.25) is 4.79 Å². The topological polar surface area (TPSA) is 31.2 Å². The Labute approximate surface area is 123 Å². The monoisotopic (exact) mass is 279 g/mol. The molecule has 0 aliphatic carbocycles. The Balaban J connectivity index is 2.00. The van der Waals surface area contributed by atoms with Gasteiger partial charge in [0, 0.05) is 23.6 Å². The molecule has 106 valence electrons. The summed E-state index contributed by atoms with van der Waals surface area (Å²) in [4.78, 5) is 11.6. The molecule has 0 unspecified atom stereocenters. The van der Waals surface area contributed by atoms with Crippen molar-refractivity contribution in [3.8, 4) is 0 Å². The van der Waals surface area contributed by atoms with Crippen molar-refractivity contribution in [1.82, 2.24) is 4.57 Å². The molecule has 3 aromatic rings. The van der Waals surface area contributed by atoms with Crippen LogP contribution in [0.15, 0.2) is 60.8 Å². The number of carbonyl (C=O) groups excluding carboxylic acids is 1. The van der Waals surface area contributed by atoms with Crippen LogP contribution in [0.1, 0.15) is 11.1 Å². The highest BCUT2D eigenvalue weighted by Crippen LogP contribution is 2.23. The minimum absolute atomic E-state index is 0.211. The van der Waals surface area contributed by atoms with Crippen LogP contribution in [0.2, 0.25) is 0 Å². The molecule has 0 N–H and O–H groups in total. The lowest BCUT2D eigenvalue weighted by Gasteiger charge is -2.05. The summed E-state index contributed by atoms with van der Waals surface area (Å²) in [6.45, 7) is 0.794. The molecule has 0 bridgehead atoms. The van der Waals surface area contributed by atoms with Crippen LogP contribution in [0.4, 0.5) is 0 Å². The molecule has 3 rings (SSSR count). The standard InChI is InChI=1S/C18H17NO2/c1-21-18(20)11-15-13-19(12-14-7-3-2-4-8-14)17-10-6-5-9-16(15)17/h2-10,13H,11-12H2,1H3. The Morgan fingerprint density at radius 2 is 1.76 bits per heavy atom. The van der Waals surface area contributed by atoms with Crippen LogP contribution >= 0.6 is 0 Å². The Morgan fingerprint density at radius 1 is 1.05 bits per heavy atom. The lowest BCUT2D eigenvalue weighted by atomic mass is 10.1. The van der Waals surface area contributed by atoms with E-state index in [2.05, 4.69) is 35.0 Å². The summed E-state index contributed by atoms with van der Waals surface area (Å²) in [5.74, 6) is -0.211. The minimum Gasteiger partial charge on any atom is -0.469 e. The number of benzene rings is 2. The molecule has 2 aromatic carbocycles. The normalized spacial score (nSPS) is 10.7. The van der Waals surface area contributed by atoms with Crippen LogP contribution in [-0.2, 0) is 22.5 Å².